The lowest BCUT2D eigenvalue weighted by atomic mass is 10.2. The fourth-order valence-corrected chi connectivity index (χ4v) is 1.50. The molecule has 0 amide bonds. The van der Waals surface area contributed by atoms with Crippen LogP contribution in [-0.2, 0) is 11.2 Å². The van der Waals surface area contributed by atoms with Gasteiger partial charge < -0.3 is 9.67 Å². The van der Waals surface area contributed by atoms with E-state index >= 15 is 0 Å². The minimum Gasteiger partial charge on any atom is -0.481 e. The van der Waals surface area contributed by atoms with Crippen molar-refractivity contribution in [1.82, 2.24) is 9.55 Å². The largest absolute Gasteiger partial charge is 0.481 e. The van der Waals surface area contributed by atoms with E-state index in [-0.39, 0.29) is 6.42 Å². The van der Waals surface area contributed by atoms with Gasteiger partial charge in [-0.05, 0) is 25.7 Å². The number of aliphatic carboxylic acids is 1. The van der Waals surface area contributed by atoms with Gasteiger partial charge in [0, 0.05) is 18.7 Å². The quantitative estimate of drug-likeness (QED) is 0.775. The SMILES string of the molecule is O=C(O)CCCc1cn(C2CC2)cn1. The number of hydrogen-bond donors (Lipinski definition) is 1. The van der Waals surface area contributed by atoms with E-state index in [1.54, 1.807) is 0 Å². The Hall–Kier alpha value is -1.32. The van der Waals surface area contributed by atoms with Crippen molar-refractivity contribution in [3.05, 3.63) is 18.2 Å². The topological polar surface area (TPSA) is 55.1 Å². The van der Waals surface area contributed by atoms with Crippen molar-refractivity contribution in [2.45, 2.75) is 38.1 Å². The number of aryl methyl sites for hydroxylation is 1. The lowest BCUT2D eigenvalue weighted by Gasteiger charge is -1.95. The van der Waals surface area contributed by atoms with Crippen LogP contribution in [0, 0.1) is 0 Å². The molecule has 0 saturated heterocycles. The third-order valence-corrected chi connectivity index (χ3v) is 2.45. The van der Waals surface area contributed by atoms with Crippen molar-refractivity contribution in [3.63, 3.8) is 0 Å². The predicted molar refractivity (Wildman–Crippen MR) is 51.1 cm³/mol. The third kappa shape index (κ3) is 2.34. The zero-order valence-electron chi connectivity index (χ0n) is 8.02. The van der Waals surface area contributed by atoms with Gasteiger partial charge in [0.05, 0.1) is 12.0 Å². The molecular formula is C10H14N2O2. The molecule has 0 radical (unpaired) electrons. The van der Waals surface area contributed by atoms with Crippen LogP contribution in [0.3, 0.4) is 0 Å². The summed E-state index contributed by atoms with van der Waals surface area (Å²) in [6, 6.07) is 0.663. The molecule has 1 saturated carbocycles. The average molecular weight is 194 g/mol. The smallest absolute Gasteiger partial charge is 0.303 e. The number of aromatic nitrogens is 2. The molecule has 1 aromatic rings. The first-order valence-corrected chi connectivity index (χ1v) is 5.00. The fourth-order valence-electron chi connectivity index (χ4n) is 1.50. The van der Waals surface area contributed by atoms with E-state index in [4.69, 9.17) is 5.11 Å². The maximum atomic E-state index is 10.3. The van der Waals surface area contributed by atoms with Crippen LogP contribution in [0.15, 0.2) is 12.5 Å². The molecule has 1 fully saturated rings. The van der Waals surface area contributed by atoms with E-state index < -0.39 is 5.97 Å². The van der Waals surface area contributed by atoms with Crippen molar-refractivity contribution < 1.29 is 9.90 Å². The molecule has 0 aromatic carbocycles. The Morgan fingerprint density at radius 2 is 2.43 bits per heavy atom. The number of carboxylic acid groups (broad SMARTS) is 1. The van der Waals surface area contributed by atoms with Gasteiger partial charge in [0.15, 0.2) is 0 Å². The van der Waals surface area contributed by atoms with Gasteiger partial charge in [-0.3, -0.25) is 4.79 Å². The maximum absolute atomic E-state index is 10.3. The van der Waals surface area contributed by atoms with Crippen LogP contribution >= 0.6 is 0 Å². The Morgan fingerprint density at radius 3 is 3.07 bits per heavy atom. The lowest BCUT2D eigenvalue weighted by Crippen LogP contribution is -1.96. The van der Waals surface area contributed by atoms with E-state index in [1.165, 1.54) is 12.8 Å². The highest BCUT2D eigenvalue weighted by Gasteiger charge is 2.23. The lowest BCUT2D eigenvalue weighted by molar-refractivity contribution is -0.137. The van der Waals surface area contributed by atoms with Gasteiger partial charge in [-0.15, -0.1) is 0 Å². The van der Waals surface area contributed by atoms with Crippen molar-refractivity contribution >= 4 is 5.97 Å². The third-order valence-electron chi connectivity index (χ3n) is 2.45. The molecule has 4 nitrogen and oxygen atoms in total. The average Bonchev–Trinajstić information content (AvgIpc) is 2.87. The molecule has 14 heavy (non-hydrogen) atoms. The van der Waals surface area contributed by atoms with Gasteiger partial charge in [-0.25, -0.2) is 4.98 Å². The molecule has 76 valence electrons. The Bertz CT molecular complexity index is 329. The molecule has 2 rings (SSSR count). The highest BCUT2D eigenvalue weighted by Crippen LogP contribution is 2.34. The molecule has 0 unspecified atom stereocenters. The Balaban J connectivity index is 1.80. The number of carboxylic acids is 1. The van der Waals surface area contributed by atoms with E-state index in [1.807, 2.05) is 12.5 Å². The maximum Gasteiger partial charge on any atom is 0.303 e. The monoisotopic (exact) mass is 194 g/mol. The van der Waals surface area contributed by atoms with E-state index in [0.29, 0.717) is 12.5 Å². The molecule has 0 atom stereocenters. The first-order chi connectivity index (χ1) is 6.75. The second kappa shape index (κ2) is 3.82. The summed E-state index contributed by atoms with van der Waals surface area (Å²) in [4.78, 5) is 14.5. The minimum atomic E-state index is -0.730. The Labute approximate surface area is 82.6 Å². The van der Waals surface area contributed by atoms with E-state index in [9.17, 15) is 4.79 Å². The van der Waals surface area contributed by atoms with Gasteiger partial charge in [-0.1, -0.05) is 0 Å². The second-order valence-electron chi connectivity index (χ2n) is 3.79. The van der Waals surface area contributed by atoms with Crippen molar-refractivity contribution in [1.29, 1.82) is 0 Å². The first kappa shape index (κ1) is 9.24. The summed E-state index contributed by atoms with van der Waals surface area (Å²) >= 11 is 0. The Morgan fingerprint density at radius 1 is 1.64 bits per heavy atom. The summed E-state index contributed by atoms with van der Waals surface area (Å²) < 4.78 is 2.14. The molecule has 1 aliphatic carbocycles. The molecule has 0 aliphatic heterocycles. The van der Waals surface area contributed by atoms with Crippen molar-refractivity contribution in [2.75, 3.05) is 0 Å². The molecule has 0 bridgehead atoms. The van der Waals surface area contributed by atoms with Gasteiger partial charge in [0.1, 0.15) is 0 Å². The predicted octanol–water partition coefficient (Wildman–Crippen LogP) is 1.63. The molecule has 1 N–H and O–H groups in total. The number of rotatable bonds is 5. The van der Waals surface area contributed by atoms with Crippen LogP contribution in [0.5, 0.6) is 0 Å². The number of carbonyl (C=O) groups is 1. The summed E-state index contributed by atoms with van der Waals surface area (Å²) in [5.41, 5.74) is 1.01. The van der Waals surface area contributed by atoms with Gasteiger partial charge in [0.2, 0.25) is 0 Å². The molecule has 0 spiro atoms. The summed E-state index contributed by atoms with van der Waals surface area (Å²) in [5, 5.41) is 8.47. The summed E-state index contributed by atoms with van der Waals surface area (Å²) in [7, 11) is 0. The second-order valence-corrected chi connectivity index (χ2v) is 3.79. The van der Waals surface area contributed by atoms with Gasteiger partial charge >= 0.3 is 5.97 Å². The standard InChI is InChI=1S/C10H14N2O2/c13-10(14)3-1-2-8-6-12(7-11-8)9-4-5-9/h6-7,9H,1-5H2,(H,13,14). The number of nitrogens with zero attached hydrogens (tertiary/aromatic N) is 2. The molecule has 1 aliphatic rings. The van der Waals surface area contributed by atoms with E-state index in [0.717, 1.165) is 12.1 Å². The van der Waals surface area contributed by atoms with Crippen molar-refractivity contribution in [2.24, 2.45) is 0 Å². The van der Waals surface area contributed by atoms with Crippen LogP contribution in [0.4, 0.5) is 0 Å². The van der Waals surface area contributed by atoms with Gasteiger partial charge in [0.25, 0.3) is 0 Å². The van der Waals surface area contributed by atoms with Crippen LogP contribution < -0.4 is 0 Å². The van der Waals surface area contributed by atoms with Crippen LogP contribution in [0.25, 0.3) is 0 Å². The van der Waals surface area contributed by atoms with E-state index in [2.05, 4.69) is 9.55 Å². The summed E-state index contributed by atoms with van der Waals surface area (Å²) in [6.45, 7) is 0. The highest BCUT2D eigenvalue weighted by atomic mass is 16.4. The van der Waals surface area contributed by atoms with Crippen molar-refractivity contribution in [3.8, 4) is 0 Å². The summed E-state index contributed by atoms with van der Waals surface area (Å²) in [6.07, 6.45) is 8.09. The molecule has 1 aromatic heterocycles. The highest BCUT2D eigenvalue weighted by molar-refractivity contribution is 5.66. The normalized spacial score (nSPS) is 15.7. The number of imidazole rings is 1. The molecule has 1 heterocycles. The first-order valence-electron chi connectivity index (χ1n) is 5.00. The van der Waals surface area contributed by atoms with Crippen LogP contribution in [0.2, 0.25) is 0 Å². The molecular weight excluding hydrogens is 180 g/mol. The van der Waals surface area contributed by atoms with Crippen LogP contribution in [0.1, 0.15) is 37.4 Å². The number of hydrogen-bond acceptors (Lipinski definition) is 2. The zero-order chi connectivity index (χ0) is 9.97. The fraction of sp³-hybridized carbons (Fsp3) is 0.600. The zero-order valence-corrected chi connectivity index (χ0v) is 8.02. The minimum absolute atomic E-state index is 0.232. The van der Waals surface area contributed by atoms with Crippen LogP contribution in [-0.4, -0.2) is 20.6 Å². The van der Waals surface area contributed by atoms with Gasteiger partial charge in [-0.2, -0.15) is 0 Å². The Kier molecular flexibility index (Phi) is 2.52. The molecule has 4 heteroatoms. The summed E-state index contributed by atoms with van der Waals surface area (Å²) in [5.74, 6) is -0.730.